The van der Waals surface area contributed by atoms with Crippen molar-refractivity contribution in [2.24, 2.45) is 0 Å². The number of anilines is 1. The number of aliphatic carboxylic acids is 1. The summed E-state index contributed by atoms with van der Waals surface area (Å²) >= 11 is 0. The Bertz CT molecular complexity index is 419. The summed E-state index contributed by atoms with van der Waals surface area (Å²) in [7, 11) is 0. The highest BCUT2D eigenvalue weighted by Gasteiger charge is 2.31. The molecule has 1 atom stereocenters. The van der Waals surface area contributed by atoms with Gasteiger partial charge in [-0.25, -0.2) is 0 Å². The van der Waals surface area contributed by atoms with Crippen molar-refractivity contribution < 1.29 is 14.7 Å². The molecule has 5 nitrogen and oxygen atoms in total. The molecule has 1 saturated heterocycles. The fourth-order valence-corrected chi connectivity index (χ4v) is 2.01. The van der Waals surface area contributed by atoms with Crippen molar-refractivity contribution in [2.75, 3.05) is 18.0 Å². The molecule has 0 spiro atoms. The van der Waals surface area contributed by atoms with Gasteiger partial charge in [0.2, 0.25) is 5.91 Å². The Balaban J connectivity index is 2.23. The lowest BCUT2D eigenvalue weighted by Crippen LogP contribution is -2.56. The third-order valence-corrected chi connectivity index (χ3v) is 2.79. The molecule has 0 bridgehead atoms. The Hall–Kier alpha value is -2.04. The van der Waals surface area contributed by atoms with Crippen molar-refractivity contribution in [3.05, 3.63) is 30.3 Å². The van der Waals surface area contributed by atoms with E-state index >= 15 is 0 Å². The van der Waals surface area contributed by atoms with E-state index in [0.29, 0.717) is 13.1 Å². The van der Waals surface area contributed by atoms with E-state index in [1.807, 2.05) is 35.2 Å². The second-order valence-corrected chi connectivity index (χ2v) is 3.93. The van der Waals surface area contributed by atoms with Crippen LogP contribution in [0.2, 0.25) is 0 Å². The highest BCUT2D eigenvalue weighted by Crippen LogP contribution is 2.19. The van der Waals surface area contributed by atoms with Gasteiger partial charge in [-0.15, -0.1) is 0 Å². The molecule has 1 aromatic carbocycles. The van der Waals surface area contributed by atoms with E-state index in [2.05, 4.69) is 5.32 Å². The van der Waals surface area contributed by atoms with Crippen molar-refractivity contribution in [1.29, 1.82) is 0 Å². The first-order chi connectivity index (χ1) is 8.18. The first kappa shape index (κ1) is 11.4. The van der Waals surface area contributed by atoms with Gasteiger partial charge >= 0.3 is 5.97 Å². The molecule has 0 radical (unpaired) electrons. The van der Waals surface area contributed by atoms with E-state index in [1.54, 1.807) is 0 Å². The fourth-order valence-electron chi connectivity index (χ4n) is 2.01. The van der Waals surface area contributed by atoms with Gasteiger partial charge in [-0.3, -0.25) is 9.59 Å². The summed E-state index contributed by atoms with van der Waals surface area (Å²) in [6, 6.07) is 8.78. The fraction of sp³-hybridized carbons (Fsp3) is 0.333. The maximum atomic E-state index is 11.7. The van der Waals surface area contributed by atoms with Crippen molar-refractivity contribution in [3.63, 3.8) is 0 Å². The SMILES string of the molecule is O=C(O)CC1C(=O)NCCN1c1ccccc1. The van der Waals surface area contributed by atoms with Crippen LogP contribution in [0.15, 0.2) is 30.3 Å². The molecule has 0 aliphatic carbocycles. The van der Waals surface area contributed by atoms with Crippen LogP contribution in [0.4, 0.5) is 5.69 Å². The minimum absolute atomic E-state index is 0.180. The van der Waals surface area contributed by atoms with Gasteiger partial charge < -0.3 is 15.3 Å². The van der Waals surface area contributed by atoms with Crippen LogP contribution < -0.4 is 10.2 Å². The predicted octanol–water partition coefficient (Wildman–Crippen LogP) is 0.466. The van der Waals surface area contributed by atoms with Crippen LogP contribution >= 0.6 is 0 Å². The number of nitrogens with zero attached hydrogens (tertiary/aromatic N) is 1. The zero-order valence-corrected chi connectivity index (χ0v) is 9.30. The Kier molecular flexibility index (Phi) is 3.27. The van der Waals surface area contributed by atoms with Gasteiger partial charge in [0.25, 0.3) is 0 Å². The molecule has 5 heteroatoms. The third-order valence-electron chi connectivity index (χ3n) is 2.79. The second-order valence-electron chi connectivity index (χ2n) is 3.93. The molecule has 17 heavy (non-hydrogen) atoms. The highest BCUT2D eigenvalue weighted by molar-refractivity contribution is 5.90. The molecule has 2 rings (SSSR count). The van der Waals surface area contributed by atoms with E-state index < -0.39 is 12.0 Å². The number of hydrogen-bond acceptors (Lipinski definition) is 3. The van der Waals surface area contributed by atoms with Crippen molar-refractivity contribution in [2.45, 2.75) is 12.5 Å². The largest absolute Gasteiger partial charge is 0.481 e. The zero-order valence-electron chi connectivity index (χ0n) is 9.30. The van der Waals surface area contributed by atoms with E-state index in [0.717, 1.165) is 5.69 Å². The lowest BCUT2D eigenvalue weighted by molar-refractivity contribution is -0.139. The van der Waals surface area contributed by atoms with Gasteiger partial charge in [-0.05, 0) is 12.1 Å². The topological polar surface area (TPSA) is 69.6 Å². The Morgan fingerprint density at radius 1 is 1.41 bits per heavy atom. The molecule has 90 valence electrons. The first-order valence-electron chi connectivity index (χ1n) is 5.49. The Morgan fingerprint density at radius 2 is 2.12 bits per heavy atom. The lowest BCUT2D eigenvalue weighted by Gasteiger charge is -2.36. The summed E-state index contributed by atoms with van der Waals surface area (Å²) in [5, 5.41) is 11.5. The molecule has 1 aromatic rings. The Morgan fingerprint density at radius 3 is 2.76 bits per heavy atom. The van der Waals surface area contributed by atoms with E-state index in [-0.39, 0.29) is 12.3 Å². The van der Waals surface area contributed by atoms with Crippen LogP contribution in [-0.2, 0) is 9.59 Å². The normalized spacial score (nSPS) is 19.9. The van der Waals surface area contributed by atoms with Gasteiger partial charge in [0, 0.05) is 18.8 Å². The van der Waals surface area contributed by atoms with Gasteiger partial charge in [0.15, 0.2) is 0 Å². The molecule has 1 fully saturated rings. The smallest absolute Gasteiger partial charge is 0.305 e. The predicted molar refractivity (Wildman–Crippen MR) is 62.8 cm³/mol. The number of benzene rings is 1. The van der Waals surface area contributed by atoms with Crippen LogP contribution in [0, 0.1) is 0 Å². The molecule has 2 N–H and O–H groups in total. The number of carboxylic acid groups (broad SMARTS) is 1. The van der Waals surface area contributed by atoms with E-state index in [9.17, 15) is 9.59 Å². The minimum Gasteiger partial charge on any atom is -0.481 e. The quantitative estimate of drug-likeness (QED) is 0.797. The number of para-hydroxylation sites is 1. The molecular weight excluding hydrogens is 220 g/mol. The average molecular weight is 234 g/mol. The zero-order chi connectivity index (χ0) is 12.3. The maximum Gasteiger partial charge on any atom is 0.305 e. The van der Waals surface area contributed by atoms with E-state index in [4.69, 9.17) is 5.11 Å². The van der Waals surface area contributed by atoms with Crippen LogP contribution in [0.5, 0.6) is 0 Å². The molecule has 1 aliphatic heterocycles. The van der Waals surface area contributed by atoms with Crippen LogP contribution in [0.3, 0.4) is 0 Å². The summed E-state index contributed by atoms with van der Waals surface area (Å²) in [6.07, 6.45) is -0.180. The molecule has 1 amide bonds. The van der Waals surface area contributed by atoms with Gasteiger partial charge in [-0.2, -0.15) is 0 Å². The standard InChI is InChI=1S/C12H14N2O3/c15-11(16)8-10-12(17)13-6-7-14(10)9-4-2-1-3-5-9/h1-5,10H,6-8H2,(H,13,17)(H,15,16). The second kappa shape index (κ2) is 4.86. The Labute approximate surface area is 99.0 Å². The van der Waals surface area contributed by atoms with Crippen molar-refractivity contribution >= 4 is 17.6 Å². The maximum absolute atomic E-state index is 11.7. The third kappa shape index (κ3) is 2.55. The number of hydrogen-bond donors (Lipinski definition) is 2. The summed E-state index contributed by atoms with van der Waals surface area (Å²) in [4.78, 5) is 24.3. The summed E-state index contributed by atoms with van der Waals surface area (Å²) in [5.41, 5.74) is 0.883. The number of piperazine rings is 1. The molecular formula is C12H14N2O3. The molecule has 0 saturated carbocycles. The summed E-state index contributed by atoms with van der Waals surface area (Å²) < 4.78 is 0. The molecule has 1 heterocycles. The number of rotatable bonds is 3. The van der Waals surface area contributed by atoms with Crippen LogP contribution in [-0.4, -0.2) is 36.1 Å². The lowest BCUT2D eigenvalue weighted by atomic mass is 10.1. The van der Waals surface area contributed by atoms with Gasteiger partial charge in [0.05, 0.1) is 6.42 Å². The van der Waals surface area contributed by atoms with Crippen LogP contribution in [0.1, 0.15) is 6.42 Å². The number of carbonyl (C=O) groups excluding carboxylic acids is 1. The summed E-state index contributed by atoms with van der Waals surface area (Å²) in [5.74, 6) is -1.18. The van der Waals surface area contributed by atoms with Crippen molar-refractivity contribution in [3.8, 4) is 0 Å². The average Bonchev–Trinajstić information content (AvgIpc) is 2.32. The molecule has 0 aromatic heterocycles. The minimum atomic E-state index is -0.965. The van der Waals surface area contributed by atoms with Gasteiger partial charge in [0.1, 0.15) is 6.04 Å². The number of nitrogens with one attached hydrogen (secondary N) is 1. The number of carbonyl (C=O) groups is 2. The monoisotopic (exact) mass is 234 g/mol. The first-order valence-corrected chi connectivity index (χ1v) is 5.49. The highest BCUT2D eigenvalue weighted by atomic mass is 16.4. The van der Waals surface area contributed by atoms with Crippen LogP contribution in [0.25, 0.3) is 0 Å². The molecule has 1 unspecified atom stereocenters. The number of amides is 1. The van der Waals surface area contributed by atoms with Crippen molar-refractivity contribution in [1.82, 2.24) is 5.32 Å². The molecule has 1 aliphatic rings. The van der Waals surface area contributed by atoms with E-state index in [1.165, 1.54) is 0 Å². The van der Waals surface area contributed by atoms with Gasteiger partial charge in [-0.1, -0.05) is 18.2 Å². The number of carboxylic acids is 1. The summed E-state index contributed by atoms with van der Waals surface area (Å²) in [6.45, 7) is 1.18.